The van der Waals surface area contributed by atoms with Crippen LogP contribution in [0.4, 0.5) is 0 Å². The third kappa shape index (κ3) is 4.11. The molecule has 0 aromatic carbocycles. The van der Waals surface area contributed by atoms with Crippen LogP contribution in [0.5, 0.6) is 5.88 Å². The van der Waals surface area contributed by atoms with Crippen LogP contribution in [0.15, 0.2) is 12.4 Å². The number of ether oxygens (including phenoxy) is 2. The lowest BCUT2D eigenvalue weighted by atomic mass is 10.1. The number of aromatic nitrogens is 2. The van der Waals surface area contributed by atoms with Crippen LogP contribution in [0.2, 0.25) is 0 Å². The predicted molar refractivity (Wildman–Crippen MR) is 66.5 cm³/mol. The maximum atomic E-state index is 5.77. The molecule has 17 heavy (non-hydrogen) atoms. The monoisotopic (exact) mass is 259 g/mol. The van der Waals surface area contributed by atoms with E-state index < -0.39 is 0 Å². The molecule has 1 aliphatic rings. The Balaban J connectivity index is 0.00000144. The fraction of sp³-hybridized carbons (Fsp3) is 0.636. The molecule has 0 amide bonds. The van der Waals surface area contributed by atoms with Gasteiger partial charge in [-0.3, -0.25) is 4.98 Å². The minimum absolute atomic E-state index is 0. The third-order valence-electron chi connectivity index (χ3n) is 2.64. The fourth-order valence-corrected chi connectivity index (χ4v) is 1.78. The lowest BCUT2D eigenvalue weighted by Crippen LogP contribution is -2.35. The molecule has 6 heteroatoms. The van der Waals surface area contributed by atoms with Crippen LogP contribution >= 0.6 is 12.4 Å². The largest absolute Gasteiger partial charge is 0.480 e. The number of halogens is 1. The highest BCUT2D eigenvalue weighted by Crippen LogP contribution is 2.14. The fourth-order valence-electron chi connectivity index (χ4n) is 1.78. The van der Waals surface area contributed by atoms with Crippen molar-refractivity contribution in [2.45, 2.75) is 25.6 Å². The quantitative estimate of drug-likeness (QED) is 0.880. The van der Waals surface area contributed by atoms with Crippen LogP contribution in [0.3, 0.4) is 0 Å². The molecule has 5 nitrogen and oxygen atoms in total. The summed E-state index contributed by atoms with van der Waals surface area (Å²) in [5.74, 6) is 0.547. The molecule has 2 heterocycles. The van der Waals surface area contributed by atoms with Gasteiger partial charge < -0.3 is 14.8 Å². The van der Waals surface area contributed by atoms with Crippen LogP contribution < -0.4 is 10.1 Å². The second kappa shape index (κ2) is 7.42. The van der Waals surface area contributed by atoms with Crippen molar-refractivity contribution in [2.24, 2.45) is 0 Å². The Morgan fingerprint density at radius 3 is 2.94 bits per heavy atom. The van der Waals surface area contributed by atoms with E-state index in [1.807, 2.05) is 0 Å². The van der Waals surface area contributed by atoms with Gasteiger partial charge >= 0.3 is 0 Å². The van der Waals surface area contributed by atoms with Gasteiger partial charge in [0.25, 0.3) is 0 Å². The van der Waals surface area contributed by atoms with Gasteiger partial charge in [0.2, 0.25) is 5.88 Å². The molecule has 0 spiro atoms. The summed E-state index contributed by atoms with van der Waals surface area (Å²) in [6.07, 6.45) is 5.82. The predicted octanol–water partition coefficient (Wildman–Crippen LogP) is 1.18. The molecule has 96 valence electrons. The van der Waals surface area contributed by atoms with Gasteiger partial charge in [0.05, 0.1) is 19.8 Å². The van der Waals surface area contributed by atoms with Crippen LogP contribution in [0.1, 0.15) is 18.5 Å². The second-order valence-electron chi connectivity index (χ2n) is 3.79. The van der Waals surface area contributed by atoms with Crippen molar-refractivity contribution < 1.29 is 9.47 Å². The Bertz CT molecular complexity index is 332. The maximum absolute atomic E-state index is 5.77. The van der Waals surface area contributed by atoms with Crippen LogP contribution in [0, 0.1) is 0 Å². The van der Waals surface area contributed by atoms with Crippen molar-refractivity contribution in [2.75, 3.05) is 20.2 Å². The highest BCUT2D eigenvalue weighted by molar-refractivity contribution is 5.85. The molecule has 0 unspecified atom stereocenters. The lowest BCUT2D eigenvalue weighted by molar-refractivity contribution is 0.0224. The Kier molecular flexibility index (Phi) is 6.18. The molecule has 2 rings (SSSR count). The van der Waals surface area contributed by atoms with E-state index in [1.54, 1.807) is 19.5 Å². The van der Waals surface area contributed by atoms with Crippen molar-refractivity contribution in [1.82, 2.24) is 15.3 Å². The van der Waals surface area contributed by atoms with Crippen LogP contribution in [-0.2, 0) is 11.3 Å². The maximum Gasteiger partial charge on any atom is 0.237 e. The van der Waals surface area contributed by atoms with E-state index in [-0.39, 0.29) is 18.5 Å². The molecule has 1 aromatic heterocycles. The number of nitrogens with one attached hydrogen (secondary N) is 1. The molecular formula is C11H18ClN3O2. The van der Waals surface area contributed by atoms with Gasteiger partial charge in [-0.25, -0.2) is 4.98 Å². The van der Waals surface area contributed by atoms with E-state index in [0.29, 0.717) is 12.5 Å². The summed E-state index contributed by atoms with van der Waals surface area (Å²) in [7, 11) is 1.59. The Morgan fingerprint density at radius 1 is 1.41 bits per heavy atom. The van der Waals surface area contributed by atoms with Crippen molar-refractivity contribution in [3.8, 4) is 5.88 Å². The normalized spacial score (nSPS) is 19.5. The average Bonchev–Trinajstić information content (AvgIpc) is 2.38. The van der Waals surface area contributed by atoms with Gasteiger partial charge in [-0.05, 0) is 19.4 Å². The first-order chi connectivity index (χ1) is 7.90. The molecule has 0 radical (unpaired) electrons. The topological polar surface area (TPSA) is 56.3 Å². The van der Waals surface area contributed by atoms with Gasteiger partial charge in [-0.2, -0.15) is 0 Å². The zero-order valence-corrected chi connectivity index (χ0v) is 10.7. The number of hydrogen-bond acceptors (Lipinski definition) is 5. The van der Waals surface area contributed by atoms with Crippen LogP contribution in [-0.4, -0.2) is 36.3 Å². The summed E-state index contributed by atoms with van der Waals surface area (Å²) in [6, 6.07) is 0. The van der Waals surface area contributed by atoms with Gasteiger partial charge in [0, 0.05) is 18.9 Å². The summed E-state index contributed by atoms with van der Waals surface area (Å²) in [6.45, 7) is 2.47. The summed E-state index contributed by atoms with van der Waals surface area (Å²) in [4.78, 5) is 8.28. The Labute approximate surface area is 107 Å². The number of rotatable bonds is 4. The molecule has 0 saturated carbocycles. The zero-order chi connectivity index (χ0) is 11.2. The van der Waals surface area contributed by atoms with Gasteiger partial charge in [0.1, 0.15) is 5.69 Å². The van der Waals surface area contributed by atoms with Gasteiger partial charge in [-0.1, -0.05) is 0 Å². The van der Waals surface area contributed by atoms with Crippen molar-refractivity contribution in [3.63, 3.8) is 0 Å². The van der Waals surface area contributed by atoms with Gasteiger partial charge in [0.15, 0.2) is 0 Å². The molecule has 1 saturated heterocycles. The van der Waals surface area contributed by atoms with Crippen LogP contribution in [0.25, 0.3) is 0 Å². The minimum Gasteiger partial charge on any atom is -0.480 e. The molecule has 1 fully saturated rings. The summed E-state index contributed by atoms with van der Waals surface area (Å²) in [5.41, 5.74) is 0.760. The average molecular weight is 260 g/mol. The van der Waals surface area contributed by atoms with E-state index in [9.17, 15) is 0 Å². The van der Waals surface area contributed by atoms with Crippen molar-refractivity contribution in [3.05, 3.63) is 18.1 Å². The molecule has 1 N–H and O–H groups in total. The highest BCUT2D eigenvalue weighted by atomic mass is 35.5. The molecule has 1 aliphatic heterocycles. The van der Waals surface area contributed by atoms with E-state index in [0.717, 1.165) is 25.2 Å². The first kappa shape index (κ1) is 14.2. The Hall–Kier alpha value is -0.910. The standard InChI is InChI=1S/C11H17N3O2.ClH/c1-15-11-10(13-5-6-14-11)8-16-9-3-2-4-12-7-9;/h5-6,9,12H,2-4,7-8H2,1H3;1H/t9-;/m1./s1. The number of hydrogen-bond donors (Lipinski definition) is 1. The summed E-state index contributed by atoms with van der Waals surface area (Å²) in [5, 5.41) is 3.31. The summed E-state index contributed by atoms with van der Waals surface area (Å²) >= 11 is 0. The molecule has 1 aromatic rings. The first-order valence-electron chi connectivity index (χ1n) is 5.56. The molecule has 1 atom stereocenters. The first-order valence-corrected chi connectivity index (χ1v) is 5.56. The van der Waals surface area contributed by atoms with Crippen molar-refractivity contribution in [1.29, 1.82) is 0 Å². The molecular weight excluding hydrogens is 242 g/mol. The minimum atomic E-state index is 0. The zero-order valence-electron chi connectivity index (χ0n) is 9.89. The smallest absolute Gasteiger partial charge is 0.237 e. The Morgan fingerprint density at radius 2 is 2.24 bits per heavy atom. The SMILES string of the molecule is COc1nccnc1CO[C@@H]1CCCNC1.Cl. The number of piperidine rings is 1. The van der Waals surface area contributed by atoms with E-state index >= 15 is 0 Å². The van der Waals surface area contributed by atoms with E-state index in [2.05, 4.69) is 15.3 Å². The van der Waals surface area contributed by atoms with Crippen molar-refractivity contribution >= 4 is 12.4 Å². The number of nitrogens with zero attached hydrogens (tertiary/aromatic N) is 2. The third-order valence-corrected chi connectivity index (χ3v) is 2.64. The van der Waals surface area contributed by atoms with Gasteiger partial charge in [-0.15, -0.1) is 12.4 Å². The summed E-state index contributed by atoms with van der Waals surface area (Å²) < 4.78 is 10.9. The lowest BCUT2D eigenvalue weighted by Gasteiger charge is -2.22. The van der Waals surface area contributed by atoms with E-state index in [1.165, 1.54) is 6.42 Å². The highest BCUT2D eigenvalue weighted by Gasteiger charge is 2.14. The molecule has 0 bridgehead atoms. The number of methoxy groups -OCH3 is 1. The second-order valence-corrected chi connectivity index (χ2v) is 3.79. The van der Waals surface area contributed by atoms with E-state index in [4.69, 9.17) is 9.47 Å². The molecule has 0 aliphatic carbocycles.